The molecule has 1 fully saturated rings. The summed E-state index contributed by atoms with van der Waals surface area (Å²) in [4.78, 5) is 26.5. The molecule has 9 heteroatoms. The van der Waals surface area contributed by atoms with Crippen molar-refractivity contribution in [2.75, 3.05) is 13.1 Å². The molecule has 0 atom stereocenters. The molecule has 2 heterocycles. The van der Waals surface area contributed by atoms with Crippen LogP contribution >= 0.6 is 0 Å². The summed E-state index contributed by atoms with van der Waals surface area (Å²) in [7, 11) is -3.66. The number of hydrazine groups is 1. The van der Waals surface area contributed by atoms with Crippen LogP contribution in [0.25, 0.3) is 0 Å². The standard InChI is InChI=1S/C20H20N4O4S/c25-19(14-6-2-1-3-7-14)21-22-20(26)15-10-12-24(13-11-15)18-16-8-4-5-9-17(16)29(27,28)23-18/h1-9,15H,10-13H2,(H,21,25)(H,22,26). The second-order valence-corrected chi connectivity index (χ2v) is 8.53. The van der Waals surface area contributed by atoms with E-state index in [1.54, 1.807) is 54.6 Å². The molecule has 4 rings (SSSR count). The van der Waals surface area contributed by atoms with Crippen molar-refractivity contribution in [3.05, 3.63) is 65.7 Å². The molecule has 2 aliphatic rings. The lowest BCUT2D eigenvalue weighted by Crippen LogP contribution is -2.48. The molecule has 0 radical (unpaired) electrons. The van der Waals surface area contributed by atoms with Gasteiger partial charge >= 0.3 is 0 Å². The van der Waals surface area contributed by atoms with Gasteiger partial charge in [-0.15, -0.1) is 4.40 Å². The van der Waals surface area contributed by atoms with Crippen LogP contribution in [-0.4, -0.2) is 44.1 Å². The number of carbonyl (C=O) groups is 2. The Kier molecular flexibility index (Phi) is 5.06. The van der Waals surface area contributed by atoms with E-state index in [0.717, 1.165) is 0 Å². The predicted molar refractivity (Wildman–Crippen MR) is 107 cm³/mol. The molecule has 2 aromatic rings. The van der Waals surface area contributed by atoms with Crippen molar-refractivity contribution in [2.24, 2.45) is 10.3 Å². The quantitative estimate of drug-likeness (QED) is 0.723. The van der Waals surface area contributed by atoms with Gasteiger partial charge in [-0.2, -0.15) is 8.42 Å². The van der Waals surface area contributed by atoms with Gasteiger partial charge in [0, 0.05) is 30.1 Å². The fraction of sp³-hybridized carbons (Fsp3) is 0.250. The van der Waals surface area contributed by atoms with Crippen LogP contribution in [0, 0.1) is 5.92 Å². The number of likely N-dealkylation sites (tertiary alicyclic amines) is 1. The summed E-state index contributed by atoms with van der Waals surface area (Å²) in [6.45, 7) is 1.01. The van der Waals surface area contributed by atoms with Gasteiger partial charge in [-0.25, -0.2) is 0 Å². The number of hydrogen-bond acceptors (Lipinski definition) is 5. The second kappa shape index (κ2) is 7.67. The summed E-state index contributed by atoms with van der Waals surface area (Å²) in [6, 6.07) is 15.4. The Balaban J connectivity index is 1.34. The number of piperidine rings is 1. The first-order valence-corrected chi connectivity index (χ1v) is 10.7. The number of amidine groups is 1. The number of nitrogens with one attached hydrogen (secondary N) is 2. The van der Waals surface area contributed by atoms with Crippen molar-refractivity contribution in [1.82, 2.24) is 15.8 Å². The highest BCUT2D eigenvalue weighted by atomic mass is 32.2. The van der Waals surface area contributed by atoms with Crippen LogP contribution in [0.3, 0.4) is 0 Å². The van der Waals surface area contributed by atoms with Crippen molar-refractivity contribution in [1.29, 1.82) is 0 Å². The summed E-state index contributed by atoms with van der Waals surface area (Å²) < 4.78 is 28.4. The first kappa shape index (κ1) is 19.1. The highest BCUT2D eigenvalue weighted by molar-refractivity contribution is 7.90. The van der Waals surface area contributed by atoms with E-state index >= 15 is 0 Å². The third kappa shape index (κ3) is 3.86. The Bertz CT molecular complexity index is 1070. The smallest absolute Gasteiger partial charge is 0.285 e. The monoisotopic (exact) mass is 412 g/mol. The fourth-order valence-electron chi connectivity index (χ4n) is 3.55. The van der Waals surface area contributed by atoms with E-state index in [1.165, 1.54) is 0 Å². The van der Waals surface area contributed by atoms with Gasteiger partial charge in [-0.1, -0.05) is 30.3 Å². The second-order valence-electron chi connectivity index (χ2n) is 6.96. The minimum atomic E-state index is -3.66. The minimum Gasteiger partial charge on any atom is -0.355 e. The van der Waals surface area contributed by atoms with Crippen molar-refractivity contribution in [2.45, 2.75) is 17.7 Å². The molecule has 29 heavy (non-hydrogen) atoms. The maximum Gasteiger partial charge on any atom is 0.285 e. The molecule has 1 saturated heterocycles. The van der Waals surface area contributed by atoms with Gasteiger partial charge in [0.05, 0.1) is 0 Å². The first-order valence-electron chi connectivity index (χ1n) is 9.30. The summed E-state index contributed by atoms with van der Waals surface area (Å²) in [6.07, 6.45) is 1.07. The number of nitrogens with zero attached hydrogens (tertiary/aromatic N) is 2. The lowest BCUT2D eigenvalue weighted by atomic mass is 9.95. The van der Waals surface area contributed by atoms with Gasteiger partial charge in [-0.05, 0) is 37.1 Å². The topological polar surface area (TPSA) is 108 Å². The Hall–Kier alpha value is -3.20. The largest absolute Gasteiger partial charge is 0.355 e. The van der Waals surface area contributed by atoms with Crippen LogP contribution in [0.2, 0.25) is 0 Å². The molecule has 0 unspecified atom stereocenters. The predicted octanol–water partition coefficient (Wildman–Crippen LogP) is 1.31. The number of carbonyl (C=O) groups excluding carboxylic acids is 2. The van der Waals surface area contributed by atoms with Crippen molar-refractivity contribution >= 4 is 27.7 Å². The number of benzene rings is 2. The van der Waals surface area contributed by atoms with Gasteiger partial charge in [-0.3, -0.25) is 20.4 Å². The molecule has 2 aliphatic heterocycles. The third-order valence-corrected chi connectivity index (χ3v) is 6.44. The lowest BCUT2D eigenvalue weighted by Gasteiger charge is -2.32. The Labute approximate surface area is 168 Å². The Morgan fingerprint density at radius 3 is 2.31 bits per heavy atom. The van der Waals surface area contributed by atoms with Crippen LogP contribution in [0.15, 0.2) is 63.9 Å². The molecule has 0 saturated carbocycles. The first-order chi connectivity index (χ1) is 14.0. The molecule has 2 aromatic carbocycles. The third-order valence-electron chi connectivity index (χ3n) is 5.11. The van der Waals surface area contributed by atoms with E-state index in [0.29, 0.717) is 42.9 Å². The van der Waals surface area contributed by atoms with Crippen LogP contribution in [0.4, 0.5) is 0 Å². The summed E-state index contributed by atoms with van der Waals surface area (Å²) in [5, 5.41) is 0. The summed E-state index contributed by atoms with van der Waals surface area (Å²) in [5.74, 6) is -0.457. The SMILES string of the molecule is O=C(NNC(=O)C1CCN(C2=NS(=O)(=O)c3ccccc32)CC1)c1ccccc1. The van der Waals surface area contributed by atoms with Crippen LogP contribution in [0.5, 0.6) is 0 Å². The number of rotatable bonds is 2. The molecule has 2 amide bonds. The Morgan fingerprint density at radius 2 is 1.59 bits per heavy atom. The van der Waals surface area contributed by atoms with Crippen LogP contribution < -0.4 is 10.9 Å². The highest BCUT2D eigenvalue weighted by Crippen LogP contribution is 2.29. The zero-order valence-corrected chi connectivity index (χ0v) is 16.4. The maximum absolute atomic E-state index is 12.4. The molecule has 0 aliphatic carbocycles. The number of amides is 2. The average Bonchev–Trinajstić information content (AvgIpc) is 3.04. The van der Waals surface area contributed by atoms with Crippen molar-refractivity contribution in [3.8, 4) is 0 Å². The maximum atomic E-state index is 12.4. The highest BCUT2D eigenvalue weighted by Gasteiger charge is 2.34. The van der Waals surface area contributed by atoms with Gasteiger partial charge in [0.1, 0.15) is 4.90 Å². The van der Waals surface area contributed by atoms with Gasteiger partial charge in [0.2, 0.25) is 5.91 Å². The molecular weight excluding hydrogens is 392 g/mol. The van der Waals surface area contributed by atoms with Gasteiger partial charge in [0.25, 0.3) is 15.9 Å². The van der Waals surface area contributed by atoms with Crippen LogP contribution in [0.1, 0.15) is 28.8 Å². The van der Waals surface area contributed by atoms with Crippen LogP contribution in [-0.2, 0) is 14.8 Å². The minimum absolute atomic E-state index is 0.221. The number of sulfonamides is 1. The van der Waals surface area contributed by atoms with E-state index in [9.17, 15) is 18.0 Å². The summed E-state index contributed by atoms with van der Waals surface area (Å²) >= 11 is 0. The van der Waals surface area contributed by atoms with E-state index in [2.05, 4.69) is 15.2 Å². The molecule has 8 nitrogen and oxygen atoms in total. The molecule has 0 aromatic heterocycles. The zero-order chi connectivity index (χ0) is 20.4. The van der Waals surface area contributed by atoms with E-state index in [4.69, 9.17) is 0 Å². The van der Waals surface area contributed by atoms with E-state index in [1.807, 2.05) is 4.90 Å². The Morgan fingerprint density at radius 1 is 0.931 bits per heavy atom. The van der Waals surface area contributed by atoms with Crippen molar-refractivity contribution in [3.63, 3.8) is 0 Å². The molecular formula is C20H20N4O4S. The van der Waals surface area contributed by atoms with Gasteiger partial charge < -0.3 is 4.90 Å². The van der Waals surface area contributed by atoms with Gasteiger partial charge in [0.15, 0.2) is 5.84 Å². The lowest BCUT2D eigenvalue weighted by molar-refractivity contribution is -0.126. The number of hydrogen-bond donors (Lipinski definition) is 2. The molecule has 2 N–H and O–H groups in total. The van der Waals surface area contributed by atoms with Crippen molar-refractivity contribution < 1.29 is 18.0 Å². The molecule has 150 valence electrons. The molecule has 0 bridgehead atoms. The van der Waals surface area contributed by atoms with E-state index < -0.39 is 10.0 Å². The average molecular weight is 412 g/mol. The molecule has 0 spiro atoms. The normalized spacial score (nSPS) is 17.9. The fourth-order valence-corrected chi connectivity index (χ4v) is 4.78. The number of fused-ring (bicyclic) bond motifs is 1. The zero-order valence-electron chi connectivity index (χ0n) is 15.5. The van der Waals surface area contributed by atoms with E-state index in [-0.39, 0.29) is 22.6 Å². The summed E-state index contributed by atoms with van der Waals surface area (Å²) in [5.41, 5.74) is 5.97.